The van der Waals surface area contributed by atoms with Crippen molar-refractivity contribution in [3.63, 3.8) is 0 Å². The molecule has 1 aromatic heterocycles. The van der Waals surface area contributed by atoms with E-state index in [-0.39, 0.29) is 0 Å². The summed E-state index contributed by atoms with van der Waals surface area (Å²) in [5.41, 5.74) is 3.97. The fourth-order valence-corrected chi connectivity index (χ4v) is 2.81. The summed E-state index contributed by atoms with van der Waals surface area (Å²) >= 11 is 0. The molecule has 0 amide bonds. The first-order valence-electron chi connectivity index (χ1n) is 7.11. The Morgan fingerprint density at radius 1 is 1.05 bits per heavy atom. The molecular formula is C17H20N2. The molecule has 0 spiro atoms. The fraction of sp³-hybridized carbons (Fsp3) is 0.353. The van der Waals surface area contributed by atoms with Gasteiger partial charge >= 0.3 is 0 Å². The summed E-state index contributed by atoms with van der Waals surface area (Å²) in [4.78, 5) is 4.51. The summed E-state index contributed by atoms with van der Waals surface area (Å²) in [6.45, 7) is 2.28. The third-order valence-corrected chi connectivity index (χ3v) is 3.88. The molecule has 2 heterocycles. The number of benzene rings is 1. The van der Waals surface area contributed by atoms with Crippen LogP contribution in [-0.4, -0.2) is 18.1 Å². The molecule has 1 aliphatic heterocycles. The minimum absolute atomic E-state index is 0.707. The van der Waals surface area contributed by atoms with Crippen molar-refractivity contribution in [1.29, 1.82) is 0 Å². The first-order chi connectivity index (χ1) is 9.42. The molecule has 1 aromatic carbocycles. The Morgan fingerprint density at radius 2 is 1.84 bits per heavy atom. The van der Waals surface area contributed by atoms with Gasteiger partial charge in [-0.05, 0) is 55.1 Å². The molecule has 1 aliphatic rings. The molecule has 1 N–H and O–H groups in total. The predicted molar refractivity (Wildman–Crippen MR) is 78.3 cm³/mol. The van der Waals surface area contributed by atoms with E-state index in [2.05, 4.69) is 52.8 Å². The lowest BCUT2D eigenvalue weighted by Gasteiger charge is -2.23. The molecule has 0 bridgehead atoms. The highest BCUT2D eigenvalue weighted by atomic mass is 14.9. The van der Waals surface area contributed by atoms with Crippen molar-refractivity contribution >= 4 is 0 Å². The molecule has 2 aromatic rings. The lowest BCUT2D eigenvalue weighted by atomic mass is 9.90. The number of nitrogens with zero attached hydrogens (tertiary/aromatic N) is 1. The van der Waals surface area contributed by atoms with Gasteiger partial charge in [-0.2, -0.15) is 0 Å². The van der Waals surface area contributed by atoms with Crippen LogP contribution < -0.4 is 5.32 Å². The Balaban J connectivity index is 1.76. The lowest BCUT2D eigenvalue weighted by Crippen LogP contribution is -2.26. The van der Waals surface area contributed by atoms with Crippen LogP contribution in [0, 0.1) is 0 Å². The van der Waals surface area contributed by atoms with Crippen molar-refractivity contribution in [2.75, 3.05) is 13.1 Å². The maximum absolute atomic E-state index is 4.51. The highest BCUT2D eigenvalue weighted by Crippen LogP contribution is 2.25. The van der Waals surface area contributed by atoms with Gasteiger partial charge in [0.2, 0.25) is 0 Å². The van der Waals surface area contributed by atoms with E-state index in [1.54, 1.807) is 0 Å². The highest BCUT2D eigenvalue weighted by molar-refractivity contribution is 5.26. The molecule has 1 fully saturated rings. The minimum atomic E-state index is 0.707. The van der Waals surface area contributed by atoms with Crippen LogP contribution in [0.5, 0.6) is 0 Å². The van der Waals surface area contributed by atoms with E-state index in [1.807, 2.05) is 6.20 Å². The molecule has 2 heteroatoms. The van der Waals surface area contributed by atoms with Gasteiger partial charge in [0.05, 0.1) is 0 Å². The van der Waals surface area contributed by atoms with Crippen molar-refractivity contribution in [1.82, 2.24) is 10.3 Å². The van der Waals surface area contributed by atoms with E-state index in [0.717, 1.165) is 19.5 Å². The van der Waals surface area contributed by atoms with Crippen LogP contribution in [0.1, 0.15) is 35.6 Å². The molecule has 3 rings (SSSR count). The second-order valence-electron chi connectivity index (χ2n) is 5.27. The summed E-state index contributed by atoms with van der Waals surface area (Å²) in [6.07, 6.45) is 5.39. The predicted octanol–water partition coefficient (Wildman–Crippen LogP) is 3.14. The van der Waals surface area contributed by atoms with Crippen molar-refractivity contribution in [2.45, 2.75) is 25.2 Å². The molecule has 98 valence electrons. The molecule has 2 nitrogen and oxygen atoms in total. The topological polar surface area (TPSA) is 24.9 Å². The van der Waals surface area contributed by atoms with Crippen LogP contribution in [-0.2, 0) is 6.42 Å². The van der Waals surface area contributed by atoms with Crippen LogP contribution in [0.3, 0.4) is 0 Å². The Morgan fingerprint density at radius 3 is 2.63 bits per heavy atom. The van der Waals surface area contributed by atoms with Crippen LogP contribution in [0.4, 0.5) is 0 Å². The van der Waals surface area contributed by atoms with E-state index < -0.39 is 0 Å². The Kier molecular flexibility index (Phi) is 3.89. The SMILES string of the molecule is c1ccc(Cc2cc(C3CCNCC3)ccn2)cc1. The monoisotopic (exact) mass is 252 g/mol. The summed E-state index contributed by atoms with van der Waals surface area (Å²) < 4.78 is 0. The zero-order chi connectivity index (χ0) is 12.9. The normalized spacial score (nSPS) is 16.4. The quantitative estimate of drug-likeness (QED) is 0.907. The standard InChI is InChI=1S/C17H20N2/c1-2-4-14(5-3-1)12-17-13-16(8-11-19-17)15-6-9-18-10-7-15/h1-5,8,11,13,15,18H,6-7,9-10,12H2. The smallest absolute Gasteiger partial charge is 0.0450 e. The van der Waals surface area contributed by atoms with Gasteiger partial charge in [0.1, 0.15) is 0 Å². The third-order valence-electron chi connectivity index (χ3n) is 3.88. The number of piperidine rings is 1. The second-order valence-corrected chi connectivity index (χ2v) is 5.27. The van der Waals surface area contributed by atoms with Crippen molar-refractivity contribution in [3.05, 3.63) is 65.5 Å². The maximum atomic E-state index is 4.51. The fourth-order valence-electron chi connectivity index (χ4n) is 2.81. The molecule has 0 unspecified atom stereocenters. The van der Waals surface area contributed by atoms with E-state index in [1.165, 1.54) is 29.7 Å². The van der Waals surface area contributed by atoms with Gasteiger partial charge in [0, 0.05) is 18.3 Å². The number of nitrogens with one attached hydrogen (secondary N) is 1. The van der Waals surface area contributed by atoms with Gasteiger partial charge < -0.3 is 5.32 Å². The summed E-state index contributed by atoms with van der Waals surface area (Å²) in [5.74, 6) is 0.707. The van der Waals surface area contributed by atoms with Crippen molar-refractivity contribution < 1.29 is 0 Å². The Bertz CT molecular complexity index is 516. The molecule has 19 heavy (non-hydrogen) atoms. The third kappa shape index (κ3) is 3.21. The van der Waals surface area contributed by atoms with Crippen LogP contribution >= 0.6 is 0 Å². The Hall–Kier alpha value is -1.67. The molecule has 1 saturated heterocycles. The first-order valence-corrected chi connectivity index (χ1v) is 7.11. The van der Waals surface area contributed by atoms with Crippen molar-refractivity contribution in [3.8, 4) is 0 Å². The van der Waals surface area contributed by atoms with Gasteiger partial charge in [0.15, 0.2) is 0 Å². The van der Waals surface area contributed by atoms with Crippen LogP contribution in [0.25, 0.3) is 0 Å². The van der Waals surface area contributed by atoms with E-state index in [4.69, 9.17) is 0 Å². The van der Waals surface area contributed by atoms with E-state index >= 15 is 0 Å². The van der Waals surface area contributed by atoms with Crippen molar-refractivity contribution in [2.24, 2.45) is 0 Å². The average Bonchev–Trinajstić information content (AvgIpc) is 2.49. The number of aromatic nitrogens is 1. The maximum Gasteiger partial charge on any atom is 0.0450 e. The zero-order valence-electron chi connectivity index (χ0n) is 11.2. The van der Waals surface area contributed by atoms with Gasteiger partial charge in [-0.25, -0.2) is 0 Å². The Labute approximate surface area is 114 Å². The minimum Gasteiger partial charge on any atom is -0.317 e. The number of pyridine rings is 1. The summed E-state index contributed by atoms with van der Waals surface area (Å²) in [5, 5.41) is 3.42. The van der Waals surface area contributed by atoms with E-state index in [9.17, 15) is 0 Å². The first kappa shape index (κ1) is 12.4. The van der Waals surface area contributed by atoms with Gasteiger partial charge in [-0.1, -0.05) is 30.3 Å². The molecule has 0 radical (unpaired) electrons. The largest absolute Gasteiger partial charge is 0.317 e. The van der Waals surface area contributed by atoms with Gasteiger partial charge in [-0.15, -0.1) is 0 Å². The second kappa shape index (κ2) is 5.98. The van der Waals surface area contributed by atoms with Crippen LogP contribution in [0.2, 0.25) is 0 Å². The number of rotatable bonds is 3. The summed E-state index contributed by atoms with van der Waals surface area (Å²) in [7, 11) is 0. The van der Waals surface area contributed by atoms with Gasteiger partial charge in [0.25, 0.3) is 0 Å². The number of hydrogen-bond acceptors (Lipinski definition) is 2. The van der Waals surface area contributed by atoms with Gasteiger partial charge in [-0.3, -0.25) is 4.98 Å². The molecule has 0 aliphatic carbocycles. The average molecular weight is 252 g/mol. The van der Waals surface area contributed by atoms with E-state index in [0.29, 0.717) is 5.92 Å². The molecule has 0 atom stereocenters. The summed E-state index contributed by atoms with van der Waals surface area (Å²) in [6, 6.07) is 15.0. The highest BCUT2D eigenvalue weighted by Gasteiger charge is 2.15. The molecular weight excluding hydrogens is 232 g/mol. The lowest BCUT2D eigenvalue weighted by molar-refractivity contribution is 0.460. The molecule has 0 saturated carbocycles. The number of hydrogen-bond donors (Lipinski definition) is 1. The zero-order valence-corrected chi connectivity index (χ0v) is 11.2. The van der Waals surface area contributed by atoms with Crippen LogP contribution in [0.15, 0.2) is 48.7 Å².